The molecular formula is C19H22N4O4. The molecule has 0 radical (unpaired) electrons. The van der Waals surface area contributed by atoms with Crippen molar-refractivity contribution in [2.75, 3.05) is 19.8 Å². The number of carbonyl (C=O) groups is 3. The fourth-order valence-corrected chi connectivity index (χ4v) is 3.69. The van der Waals surface area contributed by atoms with Gasteiger partial charge in [0.1, 0.15) is 5.52 Å². The summed E-state index contributed by atoms with van der Waals surface area (Å²) < 4.78 is 5.87. The molecule has 2 aromatic rings. The molecule has 2 saturated heterocycles. The second kappa shape index (κ2) is 6.77. The molecule has 4 rings (SSSR count). The maximum Gasteiger partial charge on any atom is 0.335 e. The Labute approximate surface area is 156 Å². The second-order valence-electron chi connectivity index (χ2n) is 7.34. The molecule has 27 heavy (non-hydrogen) atoms. The first-order valence-electron chi connectivity index (χ1n) is 9.22. The summed E-state index contributed by atoms with van der Waals surface area (Å²) in [6, 6.07) is 6.84. The lowest BCUT2D eigenvalue weighted by Gasteiger charge is -2.32. The van der Waals surface area contributed by atoms with E-state index in [0.717, 1.165) is 39.6 Å². The molecule has 8 heteroatoms. The predicted molar refractivity (Wildman–Crippen MR) is 96.6 cm³/mol. The Bertz CT molecular complexity index is 865. The van der Waals surface area contributed by atoms with Crippen molar-refractivity contribution in [3.63, 3.8) is 0 Å². The first kappa shape index (κ1) is 17.7. The van der Waals surface area contributed by atoms with E-state index >= 15 is 0 Å². The van der Waals surface area contributed by atoms with E-state index < -0.39 is 17.8 Å². The lowest BCUT2D eigenvalue weighted by atomic mass is 9.97. The van der Waals surface area contributed by atoms with E-state index in [2.05, 4.69) is 4.98 Å². The number of hydrogen-bond donors (Lipinski definition) is 0. The van der Waals surface area contributed by atoms with Crippen molar-refractivity contribution in [3.8, 4) is 0 Å². The Morgan fingerprint density at radius 1 is 1.11 bits per heavy atom. The Hall–Kier alpha value is -2.74. The third-order valence-electron chi connectivity index (χ3n) is 5.19. The van der Waals surface area contributed by atoms with Crippen LogP contribution in [0.3, 0.4) is 0 Å². The number of rotatable bonds is 4. The number of fused-ring (bicyclic) bond motifs is 1. The van der Waals surface area contributed by atoms with Crippen molar-refractivity contribution in [2.45, 2.75) is 38.6 Å². The number of urea groups is 1. The molecule has 1 aromatic heterocycles. The lowest BCUT2D eigenvalue weighted by Crippen LogP contribution is -2.45. The fraction of sp³-hybridized carbons (Fsp3) is 0.474. The minimum atomic E-state index is -0.741. The van der Waals surface area contributed by atoms with Crippen LogP contribution in [0.4, 0.5) is 4.79 Å². The van der Waals surface area contributed by atoms with Gasteiger partial charge in [-0.15, -0.1) is 0 Å². The number of imide groups is 2. The van der Waals surface area contributed by atoms with E-state index in [1.165, 1.54) is 0 Å². The highest BCUT2D eigenvalue weighted by atomic mass is 16.3. The minimum Gasteiger partial charge on any atom is -0.440 e. The summed E-state index contributed by atoms with van der Waals surface area (Å²) in [5, 5.41) is 0. The highest BCUT2D eigenvalue weighted by Crippen LogP contribution is 2.30. The van der Waals surface area contributed by atoms with Crippen LogP contribution in [-0.2, 0) is 9.59 Å². The molecular weight excluding hydrogens is 348 g/mol. The topological polar surface area (TPSA) is 87.0 Å². The summed E-state index contributed by atoms with van der Waals surface area (Å²) in [6.45, 7) is 5.00. The van der Waals surface area contributed by atoms with Crippen LogP contribution in [0.25, 0.3) is 11.1 Å². The predicted octanol–water partition coefficient (Wildman–Crippen LogP) is 2.16. The highest BCUT2D eigenvalue weighted by molar-refractivity contribution is 6.44. The Morgan fingerprint density at radius 3 is 2.44 bits per heavy atom. The molecule has 3 heterocycles. The standard InChI is InChI=1S/C19H22N4O4/c1-12(2)23-18(25)17(24)22(19(23)26)11-21-9-7-13(8-10-21)16-20-14-5-3-4-6-15(14)27-16/h3-6,12-13H,7-11H2,1-2H3. The van der Waals surface area contributed by atoms with Crippen LogP contribution in [0, 0.1) is 0 Å². The number of benzene rings is 1. The molecule has 0 saturated carbocycles. The van der Waals surface area contributed by atoms with Gasteiger partial charge in [0.15, 0.2) is 11.5 Å². The van der Waals surface area contributed by atoms with E-state index in [0.29, 0.717) is 13.1 Å². The molecule has 0 atom stereocenters. The molecule has 2 fully saturated rings. The molecule has 0 bridgehead atoms. The summed E-state index contributed by atoms with van der Waals surface area (Å²) in [6.07, 6.45) is 1.65. The third-order valence-corrected chi connectivity index (χ3v) is 5.19. The fourth-order valence-electron chi connectivity index (χ4n) is 3.69. The summed E-state index contributed by atoms with van der Waals surface area (Å²) >= 11 is 0. The Kier molecular flexibility index (Phi) is 4.43. The molecule has 142 valence electrons. The van der Waals surface area contributed by atoms with E-state index in [9.17, 15) is 14.4 Å². The van der Waals surface area contributed by atoms with E-state index in [-0.39, 0.29) is 18.6 Å². The Morgan fingerprint density at radius 2 is 1.81 bits per heavy atom. The zero-order valence-corrected chi connectivity index (χ0v) is 15.4. The van der Waals surface area contributed by atoms with Gasteiger partial charge in [-0.05, 0) is 38.8 Å². The first-order valence-corrected chi connectivity index (χ1v) is 9.22. The van der Waals surface area contributed by atoms with Crippen LogP contribution >= 0.6 is 0 Å². The quantitative estimate of drug-likeness (QED) is 0.605. The van der Waals surface area contributed by atoms with Gasteiger partial charge in [0.25, 0.3) is 0 Å². The average Bonchev–Trinajstić information content (AvgIpc) is 3.17. The number of nitrogens with zero attached hydrogens (tertiary/aromatic N) is 4. The number of piperidine rings is 1. The van der Waals surface area contributed by atoms with Crippen LogP contribution in [0.1, 0.15) is 38.5 Å². The average molecular weight is 370 g/mol. The van der Waals surface area contributed by atoms with Gasteiger partial charge < -0.3 is 4.42 Å². The van der Waals surface area contributed by atoms with Crippen LogP contribution in [0.15, 0.2) is 28.7 Å². The van der Waals surface area contributed by atoms with Gasteiger partial charge in [-0.1, -0.05) is 12.1 Å². The number of amides is 4. The largest absolute Gasteiger partial charge is 0.440 e. The van der Waals surface area contributed by atoms with E-state index in [1.807, 2.05) is 29.2 Å². The zero-order valence-electron chi connectivity index (χ0n) is 15.4. The lowest BCUT2D eigenvalue weighted by molar-refractivity contribution is -0.144. The van der Waals surface area contributed by atoms with Gasteiger partial charge in [-0.2, -0.15) is 0 Å². The second-order valence-corrected chi connectivity index (χ2v) is 7.34. The minimum absolute atomic E-state index is 0.146. The molecule has 0 aliphatic carbocycles. The van der Waals surface area contributed by atoms with Crippen molar-refractivity contribution in [2.24, 2.45) is 0 Å². The van der Waals surface area contributed by atoms with Crippen LogP contribution in [0.2, 0.25) is 0 Å². The summed E-state index contributed by atoms with van der Waals surface area (Å²) in [4.78, 5) is 45.2. The number of likely N-dealkylation sites (tertiary alicyclic amines) is 1. The van der Waals surface area contributed by atoms with Gasteiger partial charge in [-0.25, -0.2) is 14.7 Å². The van der Waals surface area contributed by atoms with Crippen molar-refractivity contribution < 1.29 is 18.8 Å². The number of para-hydroxylation sites is 2. The van der Waals surface area contributed by atoms with Gasteiger partial charge in [0, 0.05) is 25.0 Å². The number of carbonyl (C=O) groups excluding carboxylic acids is 3. The van der Waals surface area contributed by atoms with Crippen molar-refractivity contribution in [3.05, 3.63) is 30.2 Å². The third kappa shape index (κ3) is 3.10. The first-order chi connectivity index (χ1) is 13.0. The van der Waals surface area contributed by atoms with E-state index in [4.69, 9.17) is 4.42 Å². The number of hydrogen-bond acceptors (Lipinski definition) is 6. The normalized spacial score (nSPS) is 19.9. The van der Waals surface area contributed by atoms with Crippen LogP contribution in [-0.4, -0.2) is 63.3 Å². The molecule has 8 nitrogen and oxygen atoms in total. The monoisotopic (exact) mass is 370 g/mol. The molecule has 4 amide bonds. The highest BCUT2D eigenvalue weighted by Gasteiger charge is 2.46. The molecule has 1 aromatic carbocycles. The summed E-state index contributed by atoms with van der Waals surface area (Å²) in [5.41, 5.74) is 1.64. The number of aromatic nitrogens is 1. The van der Waals surface area contributed by atoms with Gasteiger partial charge in [0.05, 0.1) is 6.67 Å². The Balaban J connectivity index is 1.39. The molecule has 0 N–H and O–H groups in total. The molecule has 2 aliphatic rings. The van der Waals surface area contributed by atoms with Crippen LogP contribution in [0.5, 0.6) is 0 Å². The van der Waals surface area contributed by atoms with Crippen molar-refractivity contribution in [1.29, 1.82) is 0 Å². The summed E-state index contributed by atoms with van der Waals surface area (Å²) in [7, 11) is 0. The van der Waals surface area contributed by atoms with Crippen LogP contribution < -0.4 is 0 Å². The maximum absolute atomic E-state index is 12.4. The van der Waals surface area contributed by atoms with Gasteiger partial charge in [0.2, 0.25) is 0 Å². The van der Waals surface area contributed by atoms with Crippen molar-refractivity contribution in [1.82, 2.24) is 19.7 Å². The molecule has 2 aliphatic heterocycles. The van der Waals surface area contributed by atoms with Gasteiger partial charge in [-0.3, -0.25) is 19.4 Å². The number of oxazole rings is 1. The van der Waals surface area contributed by atoms with E-state index in [1.54, 1.807) is 13.8 Å². The smallest absolute Gasteiger partial charge is 0.335 e. The maximum atomic E-state index is 12.4. The molecule has 0 unspecified atom stereocenters. The van der Waals surface area contributed by atoms with Gasteiger partial charge >= 0.3 is 17.8 Å². The van der Waals surface area contributed by atoms with Crippen molar-refractivity contribution >= 4 is 28.9 Å². The summed E-state index contributed by atoms with van der Waals surface area (Å²) in [5.74, 6) is -0.524. The zero-order chi connectivity index (χ0) is 19.1. The molecule has 0 spiro atoms. The SMILES string of the molecule is CC(C)N1C(=O)C(=O)N(CN2CCC(c3nc4ccccc4o3)CC2)C1=O.